The summed E-state index contributed by atoms with van der Waals surface area (Å²) in [6, 6.07) is 10.5. The van der Waals surface area contributed by atoms with Crippen molar-refractivity contribution in [2.45, 2.75) is 0 Å². The minimum atomic E-state index is -2.55. The fourth-order valence-electron chi connectivity index (χ4n) is 2.60. The number of nitrogens with zero attached hydrogens (tertiary/aromatic N) is 2. The summed E-state index contributed by atoms with van der Waals surface area (Å²) in [5.41, 5.74) is 1.94. The van der Waals surface area contributed by atoms with Gasteiger partial charge in [-0.15, -0.1) is 18.8 Å². The third kappa shape index (κ3) is 5.97. The molecule has 0 aliphatic heterocycles. The Morgan fingerprint density at radius 3 is 2.43 bits per heavy atom. The van der Waals surface area contributed by atoms with Crippen molar-refractivity contribution in [1.82, 2.24) is 9.97 Å². The second kappa shape index (κ2) is 11.8. The molecule has 7 nitrogen and oxygen atoms in total. The lowest BCUT2D eigenvalue weighted by molar-refractivity contribution is 0.132. The van der Waals surface area contributed by atoms with Crippen molar-refractivity contribution in [1.29, 1.82) is 0 Å². The number of terminal acetylenes is 1. The van der Waals surface area contributed by atoms with E-state index in [9.17, 15) is 0 Å². The molecule has 8 heteroatoms. The Balaban J connectivity index is 0.00000456. The number of nitrogens with one attached hydrogen (secondary N) is 1. The van der Waals surface area contributed by atoms with Gasteiger partial charge >= 0.3 is 0 Å². The van der Waals surface area contributed by atoms with Crippen molar-refractivity contribution in [2.24, 2.45) is 0 Å². The van der Waals surface area contributed by atoms with E-state index in [-0.39, 0.29) is 50.3 Å². The molecular weight excluding hydrogens is 406 g/mol. The van der Waals surface area contributed by atoms with Gasteiger partial charge in [0, 0.05) is 36.8 Å². The van der Waals surface area contributed by atoms with Crippen molar-refractivity contribution in [3.8, 4) is 23.8 Å². The summed E-state index contributed by atoms with van der Waals surface area (Å²) >= 11 is 0. The Bertz CT molecular complexity index is 1200. The number of anilines is 2. The van der Waals surface area contributed by atoms with Gasteiger partial charge < -0.3 is 24.3 Å². The first-order valence-electron chi connectivity index (χ1n) is 11.7. The molecular formula is C22H24ClN3O4. The van der Waals surface area contributed by atoms with Gasteiger partial charge in [0.15, 0.2) is 11.5 Å². The van der Waals surface area contributed by atoms with Gasteiger partial charge in [0.2, 0.25) is 0 Å². The largest absolute Gasteiger partial charge is 0.487 e. The molecule has 1 aromatic heterocycles. The molecule has 2 aromatic carbocycles. The zero-order chi connectivity index (χ0) is 25.5. The van der Waals surface area contributed by atoms with Gasteiger partial charge in [-0.2, -0.15) is 0 Å². The van der Waals surface area contributed by atoms with Gasteiger partial charge in [-0.05, 0) is 24.3 Å². The zero-order valence-electron chi connectivity index (χ0n) is 21.9. The maximum absolute atomic E-state index is 7.13. The molecule has 1 heterocycles. The topological polar surface area (TPSA) is 74.7 Å². The Labute approximate surface area is 190 Å². The van der Waals surface area contributed by atoms with Gasteiger partial charge in [-0.1, -0.05) is 12.0 Å². The molecule has 0 aliphatic rings. The fraction of sp³-hybridized carbons (Fsp3) is 0.273. The summed E-state index contributed by atoms with van der Waals surface area (Å²) in [4.78, 5) is 8.58. The van der Waals surface area contributed by atoms with Gasteiger partial charge in [0.05, 0.1) is 27.0 Å². The molecule has 0 amide bonds. The van der Waals surface area contributed by atoms with Crippen molar-refractivity contribution in [3.63, 3.8) is 0 Å². The Morgan fingerprint density at radius 1 is 1.00 bits per heavy atom. The summed E-state index contributed by atoms with van der Waals surface area (Å²) in [7, 11) is -5.08. The highest BCUT2D eigenvalue weighted by Crippen LogP contribution is 2.35. The smallest absolute Gasteiger partial charge is 0.163 e. The summed E-state index contributed by atoms with van der Waals surface area (Å²) in [6.45, 7) is -0.516. The summed E-state index contributed by atoms with van der Waals surface area (Å²) in [5.74, 6) is 3.57. The van der Waals surface area contributed by atoms with E-state index in [4.69, 9.17) is 33.6 Å². The van der Waals surface area contributed by atoms with Gasteiger partial charge in [-0.25, -0.2) is 9.97 Å². The van der Waals surface area contributed by atoms with E-state index in [1.165, 1.54) is 6.33 Å². The van der Waals surface area contributed by atoms with E-state index in [0.717, 1.165) is 5.69 Å². The molecule has 0 radical (unpaired) electrons. The van der Waals surface area contributed by atoms with Gasteiger partial charge in [0.25, 0.3) is 0 Å². The van der Waals surface area contributed by atoms with Crippen molar-refractivity contribution >= 4 is 34.8 Å². The normalized spacial score (nSPS) is 14.0. The average Bonchev–Trinajstić information content (AvgIpc) is 2.78. The first kappa shape index (κ1) is 15.7. The van der Waals surface area contributed by atoms with Gasteiger partial charge in [-0.3, -0.25) is 0 Å². The molecule has 0 aliphatic carbocycles. The van der Waals surface area contributed by atoms with E-state index in [2.05, 4.69) is 21.2 Å². The molecule has 0 spiro atoms. The zero-order valence-corrected chi connectivity index (χ0v) is 16.7. The molecule has 0 saturated carbocycles. The number of aromatic nitrogens is 2. The number of rotatable bonds is 10. The molecule has 158 valence electrons. The highest BCUT2D eigenvalue weighted by molar-refractivity contribution is 5.93. The maximum atomic E-state index is 7.13. The van der Waals surface area contributed by atoms with Crippen molar-refractivity contribution < 1.29 is 27.2 Å². The van der Waals surface area contributed by atoms with Gasteiger partial charge in [0.1, 0.15) is 25.4 Å². The van der Waals surface area contributed by atoms with E-state index in [1.54, 1.807) is 24.3 Å². The molecule has 0 unspecified atom stereocenters. The Kier molecular flexibility index (Phi) is 6.21. The number of ether oxygens (including phenoxy) is 4. The van der Waals surface area contributed by atoms with E-state index in [0.29, 0.717) is 22.3 Å². The second-order valence-electron chi connectivity index (χ2n) is 5.78. The van der Waals surface area contributed by atoms with Crippen LogP contribution in [0, 0.1) is 12.3 Å². The van der Waals surface area contributed by atoms with Crippen LogP contribution < -0.4 is 14.8 Å². The van der Waals surface area contributed by atoms with Crippen LogP contribution >= 0.6 is 12.4 Å². The van der Waals surface area contributed by atoms with Crippen molar-refractivity contribution in [2.75, 3.05) is 45.8 Å². The number of hydrogen-bond donors (Lipinski definition) is 1. The van der Waals surface area contributed by atoms with E-state index in [1.807, 2.05) is 12.1 Å². The lowest BCUT2D eigenvalue weighted by Crippen LogP contribution is -2.09. The Hall–Kier alpha value is -3.05. The molecule has 0 atom stereocenters. The lowest BCUT2D eigenvalue weighted by Gasteiger charge is -2.15. The molecule has 0 saturated heterocycles. The number of methoxy groups -OCH3 is 2. The van der Waals surface area contributed by atoms with Crippen LogP contribution in [0.2, 0.25) is 0 Å². The summed E-state index contributed by atoms with van der Waals surface area (Å²) in [5, 5.41) is 3.79. The van der Waals surface area contributed by atoms with E-state index >= 15 is 0 Å². The van der Waals surface area contributed by atoms with Crippen LogP contribution in [0.5, 0.6) is 11.5 Å². The number of benzene rings is 2. The van der Waals surface area contributed by atoms with Crippen LogP contribution in [-0.4, -0.2) is 50.5 Å². The third-order valence-electron chi connectivity index (χ3n) is 3.88. The quantitative estimate of drug-likeness (QED) is 0.383. The molecule has 1 N–H and O–H groups in total. The van der Waals surface area contributed by atoms with Crippen LogP contribution in [0.1, 0.15) is 13.8 Å². The standard InChI is InChI=1S/C22H23N3O4.ClH/c1-4-16-6-5-7-17(12-16)25-22-18-13-20(28-10-8-26-2)21(29-11-9-27-3)14-19(18)23-15-24-22;/h1,5-7,12-15H,8-11H2,2-3H3,(H,23,24,25);1H/i2D3,3D3;. The minimum Gasteiger partial charge on any atom is -0.487 e. The fourth-order valence-corrected chi connectivity index (χ4v) is 2.60. The highest BCUT2D eigenvalue weighted by Gasteiger charge is 2.13. The predicted octanol–water partition coefficient (Wildman–Crippen LogP) is 3.83. The summed E-state index contributed by atoms with van der Waals surface area (Å²) in [6.07, 6.45) is 6.86. The minimum absolute atomic E-state index is 0. The SMILES string of the molecule is Cl.[2H]C([2H])([2H])OCCOc1cc2ncnc(Nc3cccc(C#C)c3)c2cc1OCCOC([2H])([2H])[2H]. The predicted molar refractivity (Wildman–Crippen MR) is 119 cm³/mol. The summed E-state index contributed by atoms with van der Waals surface area (Å²) < 4.78 is 63.5. The average molecular weight is 436 g/mol. The van der Waals surface area contributed by atoms with Crippen LogP contribution in [0.4, 0.5) is 11.5 Å². The number of fused-ring (bicyclic) bond motifs is 1. The van der Waals surface area contributed by atoms with E-state index < -0.39 is 14.1 Å². The monoisotopic (exact) mass is 435 g/mol. The maximum Gasteiger partial charge on any atom is 0.163 e. The highest BCUT2D eigenvalue weighted by atomic mass is 35.5. The van der Waals surface area contributed by atoms with Crippen LogP contribution in [0.15, 0.2) is 42.7 Å². The molecule has 30 heavy (non-hydrogen) atoms. The molecule has 0 bridgehead atoms. The van der Waals surface area contributed by atoms with Crippen LogP contribution in [0.25, 0.3) is 10.9 Å². The second-order valence-corrected chi connectivity index (χ2v) is 5.78. The van der Waals surface area contributed by atoms with Crippen LogP contribution in [-0.2, 0) is 9.47 Å². The van der Waals surface area contributed by atoms with Crippen molar-refractivity contribution in [3.05, 3.63) is 48.3 Å². The number of hydrogen-bond acceptors (Lipinski definition) is 7. The lowest BCUT2D eigenvalue weighted by atomic mass is 10.2. The molecule has 3 aromatic rings. The first-order chi connectivity index (χ1) is 16.5. The van der Waals surface area contributed by atoms with Crippen LogP contribution in [0.3, 0.4) is 0 Å². The molecule has 0 fully saturated rings. The first-order valence-corrected chi connectivity index (χ1v) is 8.70. The Morgan fingerprint density at radius 2 is 1.73 bits per heavy atom. The molecule has 3 rings (SSSR count). The third-order valence-corrected chi connectivity index (χ3v) is 3.88. The number of halogens is 1.